The first kappa shape index (κ1) is 25.3. The number of carbonyl (C=O) groups is 2. The van der Waals surface area contributed by atoms with Crippen LogP contribution in [0.15, 0.2) is 91.0 Å². The molecule has 0 spiro atoms. The van der Waals surface area contributed by atoms with E-state index in [4.69, 9.17) is 9.84 Å². The summed E-state index contributed by atoms with van der Waals surface area (Å²) in [5, 5.41) is 9.85. The molecule has 1 heterocycles. The van der Waals surface area contributed by atoms with Crippen LogP contribution in [0.5, 0.6) is 5.75 Å². The number of benzene rings is 4. The van der Waals surface area contributed by atoms with Crippen molar-refractivity contribution in [1.29, 1.82) is 0 Å². The number of halogens is 1. The predicted octanol–water partition coefficient (Wildman–Crippen LogP) is 7.12. The van der Waals surface area contributed by atoms with Crippen LogP contribution in [-0.4, -0.2) is 21.8 Å². The summed E-state index contributed by atoms with van der Waals surface area (Å²) in [5.41, 5.74) is 4.37. The number of carboxylic acids is 1. The highest BCUT2D eigenvalue weighted by atomic mass is 32.1. The van der Waals surface area contributed by atoms with Gasteiger partial charge in [0.25, 0.3) is 0 Å². The highest BCUT2D eigenvalue weighted by Crippen LogP contribution is 2.31. The number of ether oxygens (including phenoxy) is 1. The molecule has 7 heteroatoms. The third kappa shape index (κ3) is 6.12. The summed E-state index contributed by atoms with van der Waals surface area (Å²) >= 11 is 1.45. The van der Waals surface area contributed by atoms with E-state index in [1.54, 1.807) is 18.2 Å². The fourth-order valence-electron chi connectivity index (χ4n) is 4.16. The summed E-state index contributed by atoms with van der Waals surface area (Å²) in [6.07, 6.45) is 1.00. The second-order valence-electron chi connectivity index (χ2n) is 8.93. The lowest BCUT2D eigenvalue weighted by Gasteiger charge is -2.09. The molecule has 190 valence electrons. The topological polar surface area (TPSA) is 76.5 Å². The number of aromatic carboxylic acids is 1. The second kappa shape index (κ2) is 11.4. The predicted molar refractivity (Wildman–Crippen MR) is 146 cm³/mol. The number of carbonyl (C=O) groups excluding carboxylic acids is 1. The summed E-state index contributed by atoms with van der Waals surface area (Å²) in [7, 11) is 0. The van der Waals surface area contributed by atoms with Gasteiger partial charge in [0.05, 0.1) is 22.2 Å². The van der Waals surface area contributed by atoms with E-state index in [0.717, 1.165) is 37.5 Å². The maximum absolute atomic E-state index is 14.8. The van der Waals surface area contributed by atoms with Crippen molar-refractivity contribution in [2.24, 2.45) is 0 Å². The van der Waals surface area contributed by atoms with Gasteiger partial charge >= 0.3 is 5.97 Å². The van der Waals surface area contributed by atoms with E-state index < -0.39 is 11.8 Å². The number of hydrogen-bond donors (Lipinski definition) is 1. The first-order valence-corrected chi connectivity index (χ1v) is 13.0. The van der Waals surface area contributed by atoms with E-state index >= 15 is 0 Å². The van der Waals surface area contributed by atoms with Crippen LogP contribution >= 0.6 is 11.3 Å². The fourth-order valence-corrected chi connectivity index (χ4v) is 5.20. The molecule has 0 unspecified atom stereocenters. The number of aryl methyl sites for hydroxylation is 1. The van der Waals surface area contributed by atoms with Crippen LogP contribution in [0.2, 0.25) is 0 Å². The van der Waals surface area contributed by atoms with E-state index in [0.29, 0.717) is 19.4 Å². The maximum atomic E-state index is 14.8. The third-order valence-electron chi connectivity index (χ3n) is 6.15. The molecule has 0 fully saturated rings. The Labute approximate surface area is 223 Å². The van der Waals surface area contributed by atoms with Crippen molar-refractivity contribution < 1.29 is 23.8 Å². The molecule has 5 aromatic rings. The van der Waals surface area contributed by atoms with Crippen LogP contribution < -0.4 is 4.74 Å². The minimum absolute atomic E-state index is 0.0400. The van der Waals surface area contributed by atoms with Crippen molar-refractivity contribution in [3.8, 4) is 16.9 Å². The lowest BCUT2D eigenvalue weighted by Crippen LogP contribution is -2.05. The van der Waals surface area contributed by atoms with Crippen LogP contribution in [-0.2, 0) is 24.2 Å². The highest BCUT2D eigenvalue weighted by Gasteiger charge is 2.13. The van der Waals surface area contributed by atoms with Crippen LogP contribution in [0, 0.1) is 5.82 Å². The molecule has 5 rings (SSSR count). The molecular formula is C31H24FNO4S. The van der Waals surface area contributed by atoms with Gasteiger partial charge < -0.3 is 9.84 Å². The molecule has 0 saturated carbocycles. The van der Waals surface area contributed by atoms with Crippen molar-refractivity contribution in [3.05, 3.63) is 119 Å². The minimum atomic E-state index is -0.984. The molecule has 0 aliphatic carbocycles. The Morgan fingerprint density at radius 1 is 0.868 bits per heavy atom. The Hall–Kier alpha value is -4.36. The van der Waals surface area contributed by atoms with Gasteiger partial charge in [-0.3, -0.25) is 4.79 Å². The van der Waals surface area contributed by atoms with Gasteiger partial charge in [0.2, 0.25) is 0 Å². The minimum Gasteiger partial charge on any atom is -0.486 e. The summed E-state index contributed by atoms with van der Waals surface area (Å²) in [6.45, 7) is 0.292. The van der Waals surface area contributed by atoms with E-state index in [-0.39, 0.29) is 23.5 Å². The monoisotopic (exact) mass is 525 g/mol. The number of thiazole rings is 1. The van der Waals surface area contributed by atoms with E-state index in [2.05, 4.69) is 4.98 Å². The van der Waals surface area contributed by atoms with E-state index in [9.17, 15) is 14.0 Å². The van der Waals surface area contributed by atoms with Crippen LogP contribution in [0.4, 0.5) is 4.39 Å². The van der Waals surface area contributed by atoms with Crippen molar-refractivity contribution in [2.75, 3.05) is 0 Å². The summed E-state index contributed by atoms with van der Waals surface area (Å²) in [4.78, 5) is 28.3. The molecule has 0 atom stereocenters. The number of ketones is 1. The molecular weight excluding hydrogens is 501 g/mol. The van der Waals surface area contributed by atoms with E-state index in [1.807, 2.05) is 60.7 Å². The normalized spacial score (nSPS) is 11.0. The Bertz CT molecular complexity index is 1610. The van der Waals surface area contributed by atoms with Gasteiger partial charge in [0.1, 0.15) is 17.4 Å². The average molecular weight is 526 g/mol. The molecule has 0 amide bonds. The molecule has 0 radical (unpaired) electrons. The number of hydrogen-bond acceptors (Lipinski definition) is 5. The third-order valence-corrected chi connectivity index (χ3v) is 7.17. The first-order valence-electron chi connectivity index (χ1n) is 12.1. The quantitative estimate of drug-likeness (QED) is 0.210. The summed E-state index contributed by atoms with van der Waals surface area (Å²) in [5.74, 6) is -1.17. The van der Waals surface area contributed by atoms with Gasteiger partial charge in [-0.05, 0) is 65.1 Å². The summed E-state index contributed by atoms with van der Waals surface area (Å²) in [6, 6.07) is 26.9. The zero-order valence-corrected chi connectivity index (χ0v) is 21.2. The number of nitrogens with zero attached hydrogens (tertiary/aromatic N) is 1. The molecule has 0 aliphatic rings. The molecule has 0 aliphatic heterocycles. The van der Waals surface area contributed by atoms with Gasteiger partial charge in [-0.15, -0.1) is 11.3 Å². The highest BCUT2D eigenvalue weighted by molar-refractivity contribution is 7.18. The lowest BCUT2D eigenvalue weighted by atomic mass is 10.0. The Morgan fingerprint density at radius 3 is 2.42 bits per heavy atom. The standard InChI is InChI=1S/C31H24FNO4S/c32-26-16-22(11-14-28(26)37-19-21-5-2-1-3-6-21)23-10-13-27-29(17-23)38-30(33-27)18-25(34)12-9-20-7-4-8-24(15-20)31(35)36/h1-8,10-11,13-17H,9,12,18-19H2,(H,35,36). The molecule has 0 saturated heterocycles. The van der Waals surface area contributed by atoms with Crippen molar-refractivity contribution in [3.63, 3.8) is 0 Å². The van der Waals surface area contributed by atoms with Crippen molar-refractivity contribution in [1.82, 2.24) is 4.98 Å². The van der Waals surface area contributed by atoms with Gasteiger partial charge in [0.15, 0.2) is 11.6 Å². The lowest BCUT2D eigenvalue weighted by molar-refractivity contribution is -0.118. The van der Waals surface area contributed by atoms with Crippen LogP contribution in [0.1, 0.15) is 32.9 Å². The fraction of sp³-hybridized carbons (Fsp3) is 0.129. The smallest absolute Gasteiger partial charge is 0.335 e. The zero-order valence-electron chi connectivity index (χ0n) is 20.4. The molecule has 1 aromatic heterocycles. The number of fused-ring (bicyclic) bond motifs is 1. The Morgan fingerprint density at radius 2 is 1.63 bits per heavy atom. The number of Topliss-reactive ketones (excluding diaryl/α,β-unsaturated/α-hetero) is 1. The molecule has 38 heavy (non-hydrogen) atoms. The number of aromatic nitrogens is 1. The molecule has 1 N–H and O–H groups in total. The van der Waals surface area contributed by atoms with Gasteiger partial charge in [-0.25, -0.2) is 14.2 Å². The largest absolute Gasteiger partial charge is 0.486 e. The second-order valence-corrected chi connectivity index (χ2v) is 10.0. The van der Waals surface area contributed by atoms with Gasteiger partial charge in [0, 0.05) is 6.42 Å². The number of rotatable bonds is 10. The van der Waals surface area contributed by atoms with Crippen molar-refractivity contribution in [2.45, 2.75) is 25.9 Å². The molecule has 5 nitrogen and oxygen atoms in total. The summed E-state index contributed by atoms with van der Waals surface area (Å²) < 4.78 is 21.3. The molecule has 4 aromatic carbocycles. The first-order chi connectivity index (χ1) is 18.4. The van der Waals surface area contributed by atoms with Gasteiger partial charge in [-0.2, -0.15) is 0 Å². The Kier molecular flexibility index (Phi) is 7.56. The average Bonchev–Trinajstić information content (AvgIpc) is 3.33. The maximum Gasteiger partial charge on any atom is 0.335 e. The number of carboxylic acid groups (broad SMARTS) is 1. The van der Waals surface area contributed by atoms with E-state index in [1.165, 1.54) is 23.5 Å². The Balaban J connectivity index is 1.23. The van der Waals surface area contributed by atoms with Crippen molar-refractivity contribution >= 4 is 33.3 Å². The molecule has 0 bridgehead atoms. The van der Waals surface area contributed by atoms with Crippen LogP contribution in [0.3, 0.4) is 0 Å². The van der Waals surface area contributed by atoms with Crippen LogP contribution in [0.25, 0.3) is 21.3 Å². The van der Waals surface area contributed by atoms with Gasteiger partial charge in [-0.1, -0.05) is 54.6 Å². The SMILES string of the molecule is O=C(CCc1cccc(C(=O)O)c1)Cc1nc2ccc(-c3ccc(OCc4ccccc4)c(F)c3)cc2s1. The zero-order chi connectivity index (χ0) is 26.5.